The van der Waals surface area contributed by atoms with Crippen LogP contribution in [0.25, 0.3) is 0 Å². The number of thiophene rings is 1. The van der Waals surface area contributed by atoms with Crippen molar-refractivity contribution in [2.24, 2.45) is 0 Å². The number of rotatable bonds is 2. The molecule has 1 fully saturated rings. The Bertz CT molecular complexity index is 478. The Labute approximate surface area is 105 Å². The summed E-state index contributed by atoms with van der Waals surface area (Å²) in [6.45, 7) is 3.93. The molecule has 0 aliphatic heterocycles. The van der Waals surface area contributed by atoms with E-state index in [1.165, 1.54) is 0 Å². The lowest BCUT2D eigenvalue weighted by molar-refractivity contribution is 0.0920. The van der Waals surface area contributed by atoms with Gasteiger partial charge in [0, 0.05) is 9.75 Å². The fourth-order valence-corrected chi connectivity index (χ4v) is 3.31. The van der Waals surface area contributed by atoms with Crippen molar-refractivity contribution in [3.05, 3.63) is 21.4 Å². The number of carbonyl (C=O) groups is 1. The third-order valence-electron chi connectivity index (χ3n) is 3.31. The second kappa shape index (κ2) is 4.50. The third kappa shape index (κ3) is 2.34. The fraction of sp³-hybridized carbons (Fsp3) is 0.538. The van der Waals surface area contributed by atoms with Crippen molar-refractivity contribution in [3.63, 3.8) is 0 Å². The van der Waals surface area contributed by atoms with Crippen molar-refractivity contribution < 1.29 is 4.79 Å². The summed E-state index contributed by atoms with van der Waals surface area (Å²) in [5.74, 6) is -0.102. The highest BCUT2D eigenvalue weighted by Gasteiger charge is 2.35. The van der Waals surface area contributed by atoms with Gasteiger partial charge in [-0.1, -0.05) is 0 Å². The SMILES string of the molecule is Cc1cc(C(=O)NC2(C#N)CCCC2)c(C)s1. The molecule has 90 valence electrons. The van der Waals surface area contributed by atoms with Gasteiger partial charge >= 0.3 is 0 Å². The highest BCUT2D eigenvalue weighted by Crippen LogP contribution is 2.30. The first-order valence-corrected chi connectivity index (χ1v) is 6.69. The second-order valence-corrected chi connectivity index (χ2v) is 6.14. The highest BCUT2D eigenvalue weighted by atomic mass is 32.1. The van der Waals surface area contributed by atoms with Crippen molar-refractivity contribution in [2.75, 3.05) is 0 Å². The number of nitrogens with zero attached hydrogens (tertiary/aromatic N) is 1. The van der Waals surface area contributed by atoms with Gasteiger partial charge in [0.25, 0.3) is 5.91 Å². The summed E-state index contributed by atoms with van der Waals surface area (Å²) in [6, 6.07) is 4.17. The number of nitriles is 1. The van der Waals surface area contributed by atoms with Crippen LogP contribution in [0, 0.1) is 25.2 Å². The van der Waals surface area contributed by atoms with Crippen molar-refractivity contribution in [2.45, 2.75) is 45.1 Å². The average molecular weight is 248 g/mol. The number of hydrogen-bond donors (Lipinski definition) is 1. The van der Waals surface area contributed by atoms with Gasteiger partial charge in [0.2, 0.25) is 0 Å². The van der Waals surface area contributed by atoms with Crippen molar-refractivity contribution in [1.82, 2.24) is 5.32 Å². The lowest BCUT2D eigenvalue weighted by Crippen LogP contribution is -2.45. The molecule has 2 rings (SSSR count). The Kier molecular flexibility index (Phi) is 3.21. The summed E-state index contributed by atoms with van der Waals surface area (Å²) in [7, 11) is 0. The van der Waals surface area contributed by atoms with Crippen LogP contribution in [0.4, 0.5) is 0 Å². The quantitative estimate of drug-likeness (QED) is 0.874. The lowest BCUT2D eigenvalue weighted by atomic mass is 9.99. The number of carbonyl (C=O) groups excluding carboxylic acids is 1. The first-order valence-electron chi connectivity index (χ1n) is 5.87. The van der Waals surface area contributed by atoms with Gasteiger partial charge in [-0.2, -0.15) is 5.26 Å². The van der Waals surface area contributed by atoms with E-state index in [9.17, 15) is 10.1 Å². The van der Waals surface area contributed by atoms with Crippen molar-refractivity contribution in [1.29, 1.82) is 5.26 Å². The van der Waals surface area contributed by atoms with Crippen molar-refractivity contribution >= 4 is 17.2 Å². The smallest absolute Gasteiger partial charge is 0.253 e. The maximum absolute atomic E-state index is 12.1. The Hall–Kier alpha value is -1.34. The lowest BCUT2D eigenvalue weighted by Gasteiger charge is -2.21. The molecule has 1 aromatic rings. The molecule has 0 spiro atoms. The van der Waals surface area contributed by atoms with Crippen LogP contribution in [-0.2, 0) is 0 Å². The van der Waals surface area contributed by atoms with Crippen LogP contribution in [-0.4, -0.2) is 11.4 Å². The largest absolute Gasteiger partial charge is 0.334 e. The minimum atomic E-state index is -0.626. The van der Waals surface area contributed by atoms with E-state index < -0.39 is 5.54 Å². The molecule has 4 heteroatoms. The summed E-state index contributed by atoms with van der Waals surface area (Å²) < 4.78 is 0. The standard InChI is InChI=1S/C13H16N2OS/c1-9-7-11(10(2)17-9)12(16)15-13(8-14)5-3-4-6-13/h7H,3-6H2,1-2H3,(H,15,16). The van der Waals surface area contributed by atoms with E-state index in [1.807, 2.05) is 19.9 Å². The van der Waals surface area contributed by atoms with Crippen LogP contribution < -0.4 is 5.32 Å². The zero-order chi connectivity index (χ0) is 12.5. The second-order valence-electron chi connectivity index (χ2n) is 4.68. The minimum Gasteiger partial charge on any atom is -0.334 e. The monoisotopic (exact) mass is 248 g/mol. The summed E-state index contributed by atoms with van der Waals surface area (Å²) in [5, 5.41) is 12.1. The molecule has 0 bridgehead atoms. The molecule has 1 N–H and O–H groups in total. The Morgan fingerprint density at radius 3 is 2.59 bits per heavy atom. The highest BCUT2D eigenvalue weighted by molar-refractivity contribution is 7.12. The maximum atomic E-state index is 12.1. The van der Waals surface area contributed by atoms with E-state index in [0.717, 1.165) is 35.4 Å². The minimum absolute atomic E-state index is 0.102. The summed E-state index contributed by atoms with van der Waals surface area (Å²) in [6.07, 6.45) is 3.60. The van der Waals surface area contributed by atoms with Gasteiger partial charge in [-0.05, 0) is 45.6 Å². The number of hydrogen-bond acceptors (Lipinski definition) is 3. The molecule has 1 saturated carbocycles. The molecule has 17 heavy (non-hydrogen) atoms. The van der Waals surface area contributed by atoms with Crippen LogP contribution >= 0.6 is 11.3 Å². The molecule has 0 atom stereocenters. The van der Waals surface area contributed by atoms with E-state index in [0.29, 0.717) is 5.56 Å². The van der Waals surface area contributed by atoms with Crippen molar-refractivity contribution in [3.8, 4) is 6.07 Å². The Balaban J connectivity index is 2.17. The Morgan fingerprint density at radius 1 is 1.47 bits per heavy atom. The summed E-state index contributed by atoms with van der Waals surface area (Å²) >= 11 is 1.62. The topological polar surface area (TPSA) is 52.9 Å². The molecule has 0 radical (unpaired) electrons. The van der Waals surface area contributed by atoms with E-state index in [1.54, 1.807) is 11.3 Å². The zero-order valence-electron chi connectivity index (χ0n) is 10.2. The predicted octanol–water partition coefficient (Wildman–Crippen LogP) is 2.93. The molecule has 0 aromatic carbocycles. The molecule has 0 saturated heterocycles. The Morgan fingerprint density at radius 2 is 2.12 bits per heavy atom. The van der Waals surface area contributed by atoms with Gasteiger partial charge < -0.3 is 5.32 Å². The van der Waals surface area contributed by atoms with Crippen LogP contribution in [0.3, 0.4) is 0 Å². The molecule has 1 aromatic heterocycles. The summed E-state index contributed by atoms with van der Waals surface area (Å²) in [4.78, 5) is 14.3. The molecule has 1 aliphatic carbocycles. The van der Waals surface area contributed by atoms with E-state index in [4.69, 9.17) is 0 Å². The van der Waals surface area contributed by atoms with Gasteiger partial charge in [-0.3, -0.25) is 4.79 Å². The fourth-order valence-electron chi connectivity index (χ4n) is 2.38. The predicted molar refractivity (Wildman–Crippen MR) is 68.1 cm³/mol. The first kappa shape index (κ1) is 12.1. The van der Waals surface area contributed by atoms with Crippen LogP contribution in [0.15, 0.2) is 6.07 Å². The third-order valence-corrected chi connectivity index (χ3v) is 4.28. The van der Waals surface area contributed by atoms with Gasteiger partial charge in [-0.25, -0.2) is 0 Å². The zero-order valence-corrected chi connectivity index (χ0v) is 11.0. The molecule has 1 amide bonds. The van der Waals surface area contributed by atoms with Gasteiger partial charge in [-0.15, -0.1) is 11.3 Å². The van der Waals surface area contributed by atoms with Crippen LogP contribution in [0.5, 0.6) is 0 Å². The normalized spacial score (nSPS) is 17.7. The van der Waals surface area contributed by atoms with Crippen LogP contribution in [0.2, 0.25) is 0 Å². The number of amides is 1. The molecular formula is C13H16N2OS. The number of aryl methyl sites for hydroxylation is 2. The average Bonchev–Trinajstić information content (AvgIpc) is 2.86. The van der Waals surface area contributed by atoms with Gasteiger partial charge in [0.15, 0.2) is 0 Å². The first-order chi connectivity index (χ1) is 8.06. The molecular weight excluding hydrogens is 232 g/mol. The number of nitrogens with one attached hydrogen (secondary N) is 1. The van der Waals surface area contributed by atoms with E-state index in [2.05, 4.69) is 11.4 Å². The maximum Gasteiger partial charge on any atom is 0.253 e. The van der Waals surface area contributed by atoms with Gasteiger partial charge in [0.05, 0.1) is 11.6 Å². The summed E-state index contributed by atoms with van der Waals surface area (Å²) in [5.41, 5.74) is 0.0911. The van der Waals surface area contributed by atoms with E-state index in [-0.39, 0.29) is 5.91 Å². The molecule has 1 heterocycles. The van der Waals surface area contributed by atoms with Gasteiger partial charge in [0.1, 0.15) is 5.54 Å². The molecule has 3 nitrogen and oxygen atoms in total. The molecule has 1 aliphatic rings. The van der Waals surface area contributed by atoms with E-state index >= 15 is 0 Å². The van der Waals surface area contributed by atoms with Crippen LogP contribution in [0.1, 0.15) is 45.8 Å². The molecule has 0 unspecified atom stereocenters.